The van der Waals surface area contributed by atoms with Gasteiger partial charge in [0.15, 0.2) is 5.15 Å². The first-order valence-electron chi connectivity index (χ1n) is 4.85. The van der Waals surface area contributed by atoms with Crippen LogP contribution >= 0.6 is 23.2 Å². The number of halogens is 2. The third-order valence-electron chi connectivity index (χ3n) is 1.81. The van der Waals surface area contributed by atoms with Crippen molar-refractivity contribution in [2.45, 2.75) is 32.9 Å². The quantitative estimate of drug-likeness (QED) is 0.788. The standard InChI is InChI=1S/C10H14Cl2N2O2/c1-10(2,3)16-5-4-14-6-13-8(12)7(11)9(14)15/h6H,4-5H2,1-3H3. The lowest BCUT2D eigenvalue weighted by molar-refractivity contribution is -0.00721. The first-order valence-corrected chi connectivity index (χ1v) is 5.61. The van der Waals surface area contributed by atoms with Crippen molar-refractivity contribution in [1.82, 2.24) is 9.55 Å². The average molecular weight is 265 g/mol. The second kappa shape index (κ2) is 5.17. The maximum absolute atomic E-state index is 11.6. The zero-order chi connectivity index (χ0) is 12.3. The molecule has 16 heavy (non-hydrogen) atoms. The normalized spacial score (nSPS) is 11.8. The summed E-state index contributed by atoms with van der Waals surface area (Å²) >= 11 is 11.3. The molecule has 6 heteroatoms. The molecule has 0 bridgehead atoms. The molecule has 0 aromatic carbocycles. The van der Waals surface area contributed by atoms with Crippen LogP contribution in [-0.2, 0) is 11.3 Å². The van der Waals surface area contributed by atoms with Crippen molar-refractivity contribution in [3.8, 4) is 0 Å². The Balaban J connectivity index is 2.69. The predicted molar refractivity (Wildman–Crippen MR) is 64.2 cm³/mol. The molecule has 1 aromatic heterocycles. The topological polar surface area (TPSA) is 44.1 Å². The Labute approximate surface area is 104 Å². The minimum atomic E-state index is -0.348. The number of nitrogens with zero attached hydrogens (tertiary/aromatic N) is 2. The zero-order valence-electron chi connectivity index (χ0n) is 9.46. The Hall–Kier alpha value is -0.580. The van der Waals surface area contributed by atoms with E-state index in [2.05, 4.69) is 4.98 Å². The molecule has 4 nitrogen and oxygen atoms in total. The fourth-order valence-electron chi connectivity index (χ4n) is 1.05. The van der Waals surface area contributed by atoms with E-state index < -0.39 is 0 Å². The van der Waals surface area contributed by atoms with Crippen LogP contribution in [0.3, 0.4) is 0 Å². The van der Waals surface area contributed by atoms with Gasteiger partial charge < -0.3 is 4.74 Å². The Morgan fingerprint density at radius 3 is 2.62 bits per heavy atom. The van der Waals surface area contributed by atoms with Gasteiger partial charge in [0.05, 0.1) is 25.1 Å². The second-order valence-corrected chi connectivity index (χ2v) is 5.04. The molecule has 0 amide bonds. The average Bonchev–Trinajstić information content (AvgIpc) is 2.16. The Bertz CT molecular complexity index is 424. The summed E-state index contributed by atoms with van der Waals surface area (Å²) in [6.45, 7) is 6.66. The molecule has 0 N–H and O–H groups in total. The SMILES string of the molecule is CC(C)(C)OCCn1cnc(Cl)c(Cl)c1=O. The molecule has 0 aliphatic rings. The van der Waals surface area contributed by atoms with E-state index in [-0.39, 0.29) is 21.3 Å². The molecule has 0 saturated carbocycles. The molecular weight excluding hydrogens is 251 g/mol. The van der Waals surface area contributed by atoms with E-state index in [1.807, 2.05) is 20.8 Å². The van der Waals surface area contributed by atoms with Gasteiger partial charge in [-0.25, -0.2) is 4.98 Å². The van der Waals surface area contributed by atoms with Gasteiger partial charge in [0.2, 0.25) is 0 Å². The highest BCUT2D eigenvalue weighted by atomic mass is 35.5. The second-order valence-electron chi connectivity index (χ2n) is 4.31. The molecule has 1 aromatic rings. The molecule has 90 valence electrons. The van der Waals surface area contributed by atoms with E-state index in [1.165, 1.54) is 10.9 Å². The van der Waals surface area contributed by atoms with Gasteiger partial charge in [0.25, 0.3) is 5.56 Å². The fraction of sp³-hybridized carbons (Fsp3) is 0.600. The van der Waals surface area contributed by atoms with E-state index in [4.69, 9.17) is 27.9 Å². The summed E-state index contributed by atoms with van der Waals surface area (Å²) in [4.78, 5) is 15.4. The van der Waals surface area contributed by atoms with Crippen LogP contribution < -0.4 is 5.56 Å². The van der Waals surface area contributed by atoms with Gasteiger partial charge in [-0.05, 0) is 20.8 Å². The monoisotopic (exact) mass is 264 g/mol. The van der Waals surface area contributed by atoms with Crippen molar-refractivity contribution in [3.63, 3.8) is 0 Å². The lowest BCUT2D eigenvalue weighted by Crippen LogP contribution is -2.27. The van der Waals surface area contributed by atoms with Crippen molar-refractivity contribution in [2.24, 2.45) is 0 Å². The van der Waals surface area contributed by atoms with Gasteiger partial charge in [-0.1, -0.05) is 23.2 Å². The minimum Gasteiger partial charge on any atom is -0.374 e. The van der Waals surface area contributed by atoms with Crippen molar-refractivity contribution < 1.29 is 4.74 Å². The van der Waals surface area contributed by atoms with E-state index >= 15 is 0 Å². The summed E-state index contributed by atoms with van der Waals surface area (Å²) in [5.41, 5.74) is -0.577. The maximum Gasteiger partial charge on any atom is 0.273 e. The zero-order valence-corrected chi connectivity index (χ0v) is 11.0. The van der Waals surface area contributed by atoms with Crippen LogP contribution in [0.4, 0.5) is 0 Å². The Morgan fingerprint density at radius 1 is 1.44 bits per heavy atom. The lowest BCUT2D eigenvalue weighted by Gasteiger charge is -2.19. The van der Waals surface area contributed by atoms with Crippen molar-refractivity contribution in [1.29, 1.82) is 0 Å². The summed E-state index contributed by atoms with van der Waals surface area (Å²) in [7, 11) is 0. The van der Waals surface area contributed by atoms with Crippen molar-refractivity contribution >= 4 is 23.2 Å². The smallest absolute Gasteiger partial charge is 0.273 e. The van der Waals surface area contributed by atoms with Gasteiger partial charge in [-0.3, -0.25) is 9.36 Å². The molecule has 0 spiro atoms. The third kappa shape index (κ3) is 3.77. The van der Waals surface area contributed by atoms with E-state index in [0.717, 1.165) is 0 Å². The molecule has 0 atom stereocenters. The first kappa shape index (κ1) is 13.5. The van der Waals surface area contributed by atoms with Crippen LogP contribution in [0.5, 0.6) is 0 Å². The van der Waals surface area contributed by atoms with Crippen LogP contribution in [0.2, 0.25) is 10.2 Å². The third-order valence-corrected chi connectivity index (χ3v) is 2.53. The highest BCUT2D eigenvalue weighted by Crippen LogP contribution is 2.12. The molecule has 0 fully saturated rings. The van der Waals surface area contributed by atoms with E-state index in [9.17, 15) is 4.79 Å². The van der Waals surface area contributed by atoms with Crippen LogP contribution in [0.25, 0.3) is 0 Å². The van der Waals surface area contributed by atoms with Crippen LogP contribution in [0.1, 0.15) is 20.8 Å². The fourth-order valence-corrected chi connectivity index (χ4v) is 1.34. The summed E-state index contributed by atoms with van der Waals surface area (Å²) in [5, 5.41) is -0.0282. The van der Waals surface area contributed by atoms with Gasteiger partial charge in [0, 0.05) is 0 Å². The van der Waals surface area contributed by atoms with Gasteiger partial charge in [-0.15, -0.1) is 0 Å². The van der Waals surface area contributed by atoms with Crippen molar-refractivity contribution in [3.05, 3.63) is 26.9 Å². The molecule has 1 rings (SSSR count). The van der Waals surface area contributed by atoms with Gasteiger partial charge >= 0.3 is 0 Å². The molecular formula is C10H14Cl2N2O2. The first-order chi connectivity index (χ1) is 7.31. The highest BCUT2D eigenvalue weighted by Gasteiger charge is 2.11. The van der Waals surface area contributed by atoms with E-state index in [0.29, 0.717) is 13.2 Å². The molecule has 0 aliphatic heterocycles. The molecule has 0 radical (unpaired) electrons. The molecule has 0 unspecified atom stereocenters. The number of hydrogen-bond donors (Lipinski definition) is 0. The number of hydrogen-bond acceptors (Lipinski definition) is 3. The summed E-state index contributed by atoms with van der Waals surface area (Å²) < 4.78 is 6.87. The van der Waals surface area contributed by atoms with Crippen LogP contribution in [0.15, 0.2) is 11.1 Å². The van der Waals surface area contributed by atoms with E-state index in [1.54, 1.807) is 0 Å². The van der Waals surface area contributed by atoms with Crippen LogP contribution in [-0.4, -0.2) is 21.8 Å². The Morgan fingerprint density at radius 2 is 2.06 bits per heavy atom. The van der Waals surface area contributed by atoms with Gasteiger partial charge in [-0.2, -0.15) is 0 Å². The molecule has 0 saturated heterocycles. The highest BCUT2D eigenvalue weighted by molar-refractivity contribution is 6.40. The summed E-state index contributed by atoms with van der Waals surface area (Å²) in [5.74, 6) is 0. The summed E-state index contributed by atoms with van der Waals surface area (Å²) in [6, 6.07) is 0. The minimum absolute atomic E-state index is 0.0275. The van der Waals surface area contributed by atoms with Crippen molar-refractivity contribution in [2.75, 3.05) is 6.61 Å². The lowest BCUT2D eigenvalue weighted by atomic mass is 10.2. The maximum atomic E-state index is 11.6. The number of ether oxygens (including phenoxy) is 1. The Kier molecular flexibility index (Phi) is 4.35. The number of rotatable bonds is 3. The predicted octanol–water partition coefficient (Wildman–Crippen LogP) is 2.37. The molecule has 1 heterocycles. The number of aromatic nitrogens is 2. The molecule has 0 aliphatic carbocycles. The van der Waals surface area contributed by atoms with Gasteiger partial charge in [0.1, 0.15) is 5.02 Å². The van der Waals surface area contributed by atoms with Crippen LogP contribution in [0, 0.1) is 0 Å². The largest absolute Gasteiger partial charge is 0.374 e. The summed E-state index contributed by atoms with van der Waals surface area (Å²) in [6.07, 6.45) is 1.36.